The van der Waals surface area contributed by atoms with E-state index in [2.05, 4.69) is 74.8 Å². The minimum atomic E-state index is -0.744. The number of nitrogens with zero attached hydrogens (tertiary/aromatic N) is 4. The average molecular weight is 593 g/mol. The van der Waals surface area contributed by atoms with Crippen molar-refractivity contribution in [2.75, 3.05) is 39.4 Å². The van der Waals surface area contributed by atoms with Crippen molar-refractivity contribution in [2.24, 2.45) is 17.3 Å². The quantitative estimate of drug-likeness (QED) is 0.411. The number of likely N-dealkylation sites (tertiary alicyclic amines) is 1. The van der Waals surface area contributed by atoms with Crippen LogP contribution in [0.5, 0.6) is 0 Å². The number of carbonyl (C=O) groups excluding carboxylic acids is 3. The van der Waals surface area contributed by atoms with Gasteiger partial charge in [-0.15, -0.1) is 0 Å². The maximum absolute atomic E-state index is 14.3. The summed E-state index contributed by atoms with van der Waals surface area (Å²) >= 11 is 0. The van der Waals surface area contributed by atoms with Gasteiger partial charge in [0.1, 0.15) is 5.54 Å². The van der Waals surface area contributed by atoms with E-state index in [1.54, 1.807) is 4.90 Å². The minimum absolute atomic E-state index is 0.0234. The zero-order valence-corrected chi connectivity index (χ0v) is 27.0. The van der Waals surface area contributed by atoms with Gasteiger partial charge in [0.25, 0.3) is 5.91 Å². The normalized spacial score (nSPS) is 33.4. The Morgan fingerprint density at radius 3 is 2.30 bits per heavy atom. The number of hydrogen-bond donors (Lipinski definition) is 0. The molecule has 8 nitrogen and oxygen atoms in total. The monoisotopic (exact) mass is 592 g/mol. The van der Waals surface area contributed by atoms with Crippen LogP contribution in [0.25, 0.3) is 0 Å². The van der Waals surface area contributed by atoms with E-state index in [9.17, 15) is 14.4 Å². The van der Waals surface area contributed by atoms with Crippen molar-refractivity contribution in [1.29, 1.82) is 0 Å². The van der Waals surface area contributed by atoms with Crippen LogP contribution >= 0.6 is 0 Å². The van der Waals surface area contributed by atoms with Gasteiger partial charge in [0.15, 0.2) is 0 Å². The number of imide groups is 1. The molecule has 0 N–H and O–H groups in total. The molecule has 0 aromatic heterocycles. The van der Waals surface area contributed by atoms with Crippen molar-refractivity contribution >= 4 is 17.8 Å². The molecule has 1 aromatic rings. The minimum Gasteiger partial charge on any atom is -0.381 e. The highest BCUT2D eigenvalue weighted by molar-refractivity contribution is 6.07. The molecule has 6 rings (SSSR count). The topological polar surface area (TPSA) is 73.4 Å². The molecule has 5 fully saturated rings. The summed E-state index contributed by atoms with van der Waals surface area (Å²) in [5, 5.41) is 0. The second-order valence-corrected chi connectivity index (χ2v) is 15.6. The zero-order chi connectivity index (χ0) is 30.5. The van der Waals surface area contributed by atoms with E-state index < -0.39 is 5.54 Å². The maximum Gasteiger partial charge on any atom is 0.327 e. The van der Waals surface area contributed by atoms with Crippen LogP contribution in [-0.4, -0.2) is 101 Å². The van der Waals surface area contributed by atoms with Gasteiger partial charge < -0.3 is 14.5 Å². The summed E-state index contributed by atoms with van der Waals surface area (Å²) in [6.07, 6.45) is 6.09. The number of amides is 4. The summed E-state index contributed by atoms with van der Waals surface area (Å²) < 4.78 is 5.69. The molecule has 5 aliphatic rings. The van der Waals surface area contributed by atoms with Crippen molar-refractivity contribution in [3.8, 4) is 0 Å². The Kier molecular flexibility index (Phi) is 8.40. The Balaban J connectivity index is 1.21. The van der Waals surface area contributed by atoms with E-state index in [4.69, 9.17) is 4.74 Å². The molecule has 0 aliphatic carbocycles. The lowest BCUT2D eigenvalue weighted by Gasteiger charge is -2.48. The summed E-state index contributed by atoms with van der Waals surface area (Å²) in [5.74, 6) is 1.14. The highest BCUT2D eigenvalue weighted by Gasteiger charge is 2.63. The Bertz CT molecular complexity index is 1180. The summed E-state index contributed by atoms with van der Waals surface area (Å²) in [7, 11) is 0. The third kappa shape index (κ3) is 5.86. The number of hydrogen-bond acceptors (Lipinski definition) is 5. The fraction of sp³-hybridized carbons (Fsp3) is 0.743. The number of ether oxygens (including phenoxy) is 1. The number of piperidine rings is 1. The number of carbonyl (C=O) groups is 3. The standard InChI is InChI=1S/C35H52N4O4/c1-24(2)39-33(42)38(19-25-10-9-15-43-23-25)32(41)35(39)16-28-13-14-29(17-35)37(28)21-27-20-36(31(40)18-34(3,4)5)22-30(27)26-11-7-6-8-12-26/h6-8,11-12,24-25,27-30H,9-10,13-23H2,1-5H3/t25?,27-,28?,29?,30-,35?/m1/s1. The Morgan fingerprint density at radius 2 is 1.70 bits per heavy atom. The lowest BCUT2D eigenvalue weighted by molar-refractivity contribution is -0.139. The molecule has 0 saturated carbocycles. The van der Waals surface area contributed by atoms with Crippen LogP contribution in [-0.2, 0) is 14.3 Å². The van der Waals surface area contributed by atoms with Crippen molar-refractivity contribution in [3.05, 3.63) is 35.9 Å². The molecule has 5 heterocycles. The SMILES string of the molecule is CC(C)N1C(=O)N(CC2CCCOC2)C(=O)C12CC1CCC(C2)N1C[C@H]1CN(C(=O)CC(C)(C)C)C[C@@H]1c1ccccc1. The molecule has 2 bridgehead atoms. The van der Waals surface area contributed by atoms with Gasteiger partial charge >= 0.3 is 6.03 Å². The smallest absolute Gasteiger partial charge is 0.327 e. The molecule has 1 aromatic carbocycles. The van der Waals surface area contributed by atoms with Crippen LogP contribution in [0.2, 0.25) is 0 Å². The number of rotatable bonds is 7. The molecule has 5 atom stereocenters. The highest BCUT2D eigenvalue weighted by Crippen LogP contribution is 2.49. The Labute approximate surface area is 258 Å². The summed E-state index contributed by atoms with van der Waals surface area (Å²) in [5.41, 5.74) is 0.527. The predicted octanol–water partition coefficient (Wildman–Crippen LogP) is 5.13. The van der Waals surface area contributed by atoms with E-state index >= 15 is 0 Å². The number of urea groups is 1. The molecule has 8 heteroatoms. The van der Waals surface area contributed by atoms with Gasteiger partial charge in [0.05, 0.1) is 6.61 Å². The first-order chi connectivity index (χ1) is 20.5. The first kappa shape index (κ1) is 30.6. The van der Waals surface area contributed by atoms with Crippen LogP contribution in [0, 0.1) is 17.3 Å². The van der Waals surface area contributed by atoms with Gasteiger partial charge in [-0.3, -0.25) is 19.4 Å². The lowest BCUT2D eigenvalue weighted by Crippen LogP contribution is -2.62. The van der Waals surface area contributed by atoms with Crippen LogP contribution in [0.1, 0.15) is 91.0 Å². The molecule has 3 unspecified atom stereocenters. The van der Waals surface area contributed by atoms with Gasteiger partial charge in [-0.05, 0) is 69.3 Å². The second kappa shape index (κ2) is 11.8. The number of fused-ring (bicyclic) bond motifs is 2. The molecule has 236 valence electrons. The summed E-state index contributed by atoms with van der Waals surface area (Å²) in [6.45, 7) is 14.9. The predicted molar refractivity (Wildman–Crippen MR) is 166 cm³/mol. The van der Waals surface area contributed by atoms with Crippen molar-refractivity contribution in [2.45, 2.75) is 109 Å². The molecule has 4 amide bonds. The second-order valence-electron chi connectivity index (χ2n) is 15.6. The number of benzene rings is 1. The maximum atomic E-state index is 14.3. The first-order valence-corrected chi connectivity index (χ1v) is 16.8. The molecule has 5 saturated heterocycles. The third-order valence-electron chi connectivity index (χ3n) is 10.8. The van der Waals surface area contributed by atoms with Gasteiger partial charge in [0, 0.05) is 69.2 Å². The molecule has 0 radical (unpaired) electrons. The molecular weight excluding hydrogens is 540 g/mol. The Morgan fingerprint density at radius 1 is 1.00 bits per heavy atom. The Hall–Kier alpha value is -2.45. The van der Waals surface area contributed by atoms with E-state index in [0.29, 0.717) is 44.2 Å². The largest absolute Gasteiger partial charge is 0.381 e. The van der Waals surface area contributed by atoms with E-state index in [1.165, 1.54) is 5.56 Å². The van der Waals surface area contributed by atoms with Crippen molar-refractivity contribution < 1.29 is 19.1 Å². The van der Waals surface area contributed by atoms with E-state index in [0.717, 1.165) is 51.9 Å². The summed E-state index contributed by atoms with van der Waals surface area (Å²) in [4.78, 5) is 49.8. The molecule has 5 aliphatic heterocycles. The fourth-order valence-electron chi connectivity index (χ4n) is 9.00. The average Bonchev–Trinajstić information content (AvgIpc) is 3.54. The van der Waals surface area contributed by atoms with Gasteiger partial charge in [-0.1, -0.05) is 51.1 Å². The van der Waals surface area contributed by atoms with E-state index in [1.807, 2.05) is 4.90 Å². The van der Waals surface area contributed by atoms with Crippen molar-refractivity contribution in [1.82, 2.24) is 19.6 Å². The lowest BCUT2D eigenvalue weighted by atomic mass is 9.79. The molecule has 43 heavy (non-hydrogen) atoms. The van der Waals surface area contributed by atoms with Gasteiger partial charge in [0.2, 0.25) is 5.91 Å². The molecule has 1 spiro atoms. The third-order valence-corrected chi connectivity index (χ3v) is 10.8. The van der Waals surface area contributed by atoms with Gasteiger partial charge in [-0.25, -0.2) is 4.79 Å². The fourth-order valence-corrected chi connectivity index (χ4v) is 9.00. The molecular formula is C35H52N4O4. The van der Waals surface area contributed by atoms with Crippen LogP contribution in [0.4, 0.5) is 4.79 Å². The van der Waals surface area contributed by atoms with Crippen LogP contribution in [0.3, 0.4) is 0 Å². The van der Waals surface area contributed by atoms with Gasteiger partial charge in [-0.2, -0.15) is 0 Å². The summed E-state index contributed by atoms with van der Waals surface area (Å²) in [6, 6.07) is 11.1. The highest BCUT2D eigenvalue weighted by atomic mass is 16.5. The van der Waals surface area contributed by atoms with E-state index in [-0.39, 0.29) is 47.3 Å². The van der Waals surface area contributed by atoms with Crippen molar-refractivity contribution in [3.63, 3.8) is 0 Å². The first-order valence-electron chi connectivity index (χ1n) is 16.8. The zero-order valence-electron chi connectivity index (χ0n) is 27.0. The van der Waals surface area contributed by atoms with Crippen LogP contribution < -0.4 is 0 Å². The van der Waals surface area contributed by atoms with Crippen LogP contribution in [0.15, 0.2) is 30.3 Å².